The van der Waals surface area contributed by atoms with Crippen LogP contribution in [0.3, 0.4) is 0 Å². The lowest BCUT2D eigenvalue weighted by atomic mass is 10.1. The van der Waals surface area contributed by atoms with Crippen LogP contribution in [0.15, 0.2) is 24.8 Å². The minimum absolute atomic E-state index is 0.122. The number of amides is 1. The van der Waals surface area contributed by atoms with Crippen LogP contribution in [0.5, 0.6) is 0 Å². The average Bonchev–Trinajstić information content (AvgIpc) is 2.17. The first-order valence-corrected chi connectivity index (χ1v) is 3.93. The van der Waals surface area contributed by atoms with Gasteiger partial charge < -0.3 is 11.1 Å². The quantitative estimate of drug-likeness (QED) is 0.667. The Morgan fingerprint density at radius 3 is 2.85 bits per heavy atom. The highest BCUT2D eigenvalue weighted by atomic mass is 16.1. The molecule has 0 bridgehead atoms. The number of benzene rings is 1. The van der Waals surface area contributed by atoms with E-state index in [1.54, 1.807) is 31.3 Å². The smallest absolute Gasteiger partial charge is 0.251 e. The molecule has 0 aliphatic rings. The van der Waals surface area contributed by atoms with Gasteiger partial charge in [-0.15, -0.1) is 0 Å². The first-order chi connectivity index (χ1) is 6.19. The van der Waals surface area contributed by atoms with E-state index in [4.69, 9.17) is 5.73 Å². The SMILES string of the molecule is C=Cc1cc(C(=O)NC)ccc1N. The summed E-state index contributed by atoms with van der Waals surface area (Å²) in [7, 11) is 1.59. The van der Waals surface area contributed by atoms with E-state index in [0.29, 0.717) is 11.3 Å². The molecule has 68 valence electrons. The van der Waals surface area contributed by atoms with E-state index < -0.39 is 0 Å². The van der Waals surface area contributed by atoms with Crippen molar-refractivity contribution in [2.75, 3.05) is 12.8 Å². The Morgan fingerprint density at radius 1 is 1.62 bits per heavy atom. The molecule has 3 N–H and O–H groups in total. The van der Waals surface area contributed by atoms with E-state index in [9.17, 15) is 4.79 Å². The maximum absolute atomic E-state index is 11.2. The molecule has 0 saturated carbocycles. The Bertz CT molecular complexity index is 345. The van der Waals surface area contributed by atoms with Crippen LogP contribution in [-0.2, 0) is 0 Å². The molecule has 0 saturated heterocycles. The lowest BCUT2D eigenvalue weighted by Crippen LogP contribution is -2.17. The number of carbonyl (C=O) groups excluding carboxylic acids is 1. The molecule has 0 atom stereocenters. The second-order valence-corrected chi connectivity index (χ2v) is 2.63. The zero-order chi connectivity index (χ0) is 9.84. The monoisotopic (exact) mass is 176 g/mol. The van der Waals surface area contributed by atoms with Crippen LogP contribution < -0.4 is 11.1 Å². The zero-order valence-electron chi connectivity index (χ0n) is 7.50. The van der Waals surface area contributed by atoms with Crippen LogP contribution in [0.25, 0.3) is 6.08 Å². The number of hydrogen-bond acceptors (Lipinski definition) is 2. The highest BCUT2D eigenvalue weighted by Crippen LogP contribution is 2.14. The highest BCUT2D eigenvalue weighted by Gasteiger charge is 2.04. The molecule has 13 heavy (non-hydrogen) atoms. The fraction of sp³-hybridized carbons (Fsp3) is 0.100. The molecule has 0 fully saturated rings. The van der Waals surface area contributed by atoms with Crippen LogP contribution in [0.2, 0.25) is 0 Å². The van der Waals surface area contributed by atoms with Gasteiger partial charge in [-0.25, -0.2) is 0 Å². The molecule has 0 aromatic heterocycles. The van der Waals surface area contributed by atoms with Crippen LogP contribution in [-0.4, -0.2) is 13.0 Å². The Morgan fingerprint density at radius 2 is 2.31 bits per heavy atom. The van der Waals surface area contributed by atoms with Gasteiger partial charge in [0.25, 0.3) is 5.91 Å². The van der Waals surface area contributed by atoms with E-state index in [-0.39, 0.29) is 5.91 Å². The number of carbonyl (C=O) groups is 1. The van der Waals surface area contributed by atoms with E-state index in [1.807, 2.05) is 0 Å². The van der Waals surface area contributed by atoms with Crippen molar-refractivity contribution in [2.24, 2.45) is 0 Å². The largest absolute Gasteiger partial charge is 0.398 e. The van der Waals surface area contributed by atoms with Crippen molar-refractivity contribution in [2.45, 2.75) is 0 Å². The van der Waals surface area contributed by atoms with Crippen LogP contribution in [0.4, 0.5) is 5.69 Å². The summed E-state index contributed by atoms with van der Waals surface area (Å²) in [6.07, 6.45) is 1.63. The van der Waals surface area contributed by atoms with Gasteiger partial charge in [0.1, 0.15) is 0 Å². The molecular formula is C10H12N2O. The van der Waals surface area contributed by atoms with Gasteiger partial charge in [-0.3, -0.25) is 4.79 Å². The van der Waals surface area contributed by atoms with Crippen molar-refractivity contribution in [3.63, 3.8) is 0 Å². The summed E-state index contributed by atoms with van der Waals surface area (Å²) in [6.45, 7) is 3.61. The Hall–Kier alpha value is -1.77. The van der Waals surface area contributed by atoms with E-state index in [1.165, 1.54) is 0 Å². The van der Waals surface area contributed by atoms with Gasteiger partial charge in [0.15, 0.2) is 0 Å². The normalized spacial score (nSPS) is 9.31. The third-order valence-electron chi connectivity index (χ3n) is 1.80. The molecule has 0 heterocycles. The van der Waals surface area contributed by atoms with Crippen molar-refractivity contribution in [3.05, 3.63) is 35.9 Å². The minimum Gasteiger partial charge on any atom is -0.398 e. The van der Waals surface area contributed by atoms with Crippen molar-refractivity contribution < 1.29 is 4.79 Å². The molecule has 0 aliphatic heterocycles. The number of anilines is 1. The summed E-state index contributed by atoms with van der Waals surface area (Å²) < 4.78 is 0. The lowest BCUT2D eigenvalue weighted by Gasteiger charge is -2.03. The van der Waals surface area contributed by atoms with E-state index in [0.717, 1.165) is 5.56 Å². The number of nitrogen functional groups attached to an aromatic ring is 1. The molecule has 1 aromatic carbocycles. The standard InChI is InChI=1S/C10H12N2O/c1-3-7-6-8(10(13)12-2)4-5-9(7)11/h3-6H,1,11H2,2H3,(H,12,13). The molecule has 3 heteroatoms. The molecule has 0 radical (unpaired) electrons. The van der Waals surface area contributed by atoms with Crippen LogP contribution in [0, 0.1) is 0 Å². The maximum Gasteiger partial charge on any atom is 0.251 e. The second kappa shape index (κ2) is 3.76. The number of nitrogens with one attached hydrogen (secondary N) is 1. The fourth-order valence-electron chi connectivity index (χ4n) is 1.04. The van der Waals surface area contributed by atoms with Crippen molar-refractivity contribution >= 4 is 17.7 Å². The van der Waals surface area contributed by atoms with Crippen molar-refractivity contribution in [1.82, 2.24) is 5.32 Å². The number of rotatable bonds is 2. The first kappa shape index (κ1) is 9.32. The number of nitrogens with two attached hydrogens (primary N) is 1. The van der Waals surface area contributed by atoms with Gasteiger partial charge in [0.2, 0.25) is 0 Å². The summed E-state index contributed by atoms with van der Waals surface area (Å²) in [5, 5.41) is 2.54. The minimum atomic E-state index is -0.122. The highest BCUT2D eigenvalue weighted by molar-refractivity contribution is 5.95. The third kappa shape index (κ3) is 1.87. The molecule has 3 nitrogen and oxygen atoms in total. The summed E-state index contributed by atoms with van der Waals surface area (Å²) in [5.41, 5.74) is 7.63. The fourth-order valence-corrected chi connectivity index (χ4v) is 1.04. The van der Waals surface area contributed by atoms with Gasteiger partial charge in [-0.05, 0) is 23.8 Å². The molecule has 0 aliphatic carbocycles. The molecule has 1 aromatic rings. The van der Waals surface area contributed by atoms with E-state index in [2.05, 4.69) is 11.9 Å². The lowest BCUT2D eigenvalue weighted by molar-refractivity contribution is 0.0963. The van der Waals surface area contributed by atoms with Gasteiger partial charge in [-0.2, -0.15) is 0 Å². The summed E-state index contributed by atoms with van der Waals surface area (Å²) in [4.78, 5) is 11.2. The molecule has 0 spiro atoms. The third-order valence-corrected chi connectivity index (χ3v) is 1.80. The van der Waals surface area contributed by atoms with Crippen molar-refractivity contribution in [1.29, 1.82) is 0 Å². The van der Waals surface area contributed by atoms with Crippen molar-refractivity contribution in [3.8, 4) is 0 Å². The zero-order valence-corrected chi connectivity index (χ0v) is 7.50. The maximum atomic E-state index is 11.2. The van der Waals surface area contributed by atoms with Gasteiger partial charge >= 0.3 is 0 Å². The number of hydrogen-bond donors (Lipinski definition) is 2. The topological polar surface area (TPSA) is 55.1 Å². The molecule has 1 rings (SSSR count). The van der Waals surface area contributed by atoms with Crippen LogP contribution >= 0.6 is 0 Å². The Kier molecular flexibility index (Phi) is 2.69. The predicted octanol–water partition coefficient (Wildman–Crippen LogP) is 1.27. The summed E-state index contributed by atoms with van der Waals surface area (Å²) >= 11 is 0. The van der Waals surface area contributed by atoms with Crippen LogP contribution in [0.1, 0.15) is 15.9 Å². The molecular weight excluding hydrogens is 164 g/mol. The molecule has 0 unspecified atom stereocenters. The average molecular weight is 176 g/mol. The van der Waals surface area contributed by atoms with Gasteiger partial charge in [-0.1, -0.05) is 12.7 Å². The predicted molar refractivity (Wildman–Crippen MR) is 54.3 cm³/mol. The van der Waals surface area contributed by atoms with E-state index >= 15 is 0 Å². The first-order valence-electron chi connectivity index (χ1n) is 3.93. The molecule has 1 amide bonds. The summed E-state index contributed by atoms with van der Waals surface area (Å²) in [6, 6.07) is 5.09. The van der Waals surface area contributed by atoms with Gasteiger partial charge in [0.05, 0.1) is 0 Å². The summed E-state index contributed by atoms with van der Waals surface area (Å²) in [5.74, 6) is -0.122. The second-order valence-electron chi connectivity index (χ2n) is 2.63. The Balaban J connectivity index is 3.13. The Labute approximate surface area is 77.3 Å². The van der Waals surface area contributed by atoms with Gasteiger partial charge in [0, 0.05) is 18.3 Å².